The molecule has 2 rings (SSSR count). The molecule has 0 fully saturated rings. The quantitative estimate of drug-likeness (QED) is 0.684. The van der Waals surface area contributed by atoms with Crippen molar-refractivity contribution in [1.82, 2.24) is 5.32 Å². The molecule has 0 bridgehead atoms. The maximum atomic E-state index is 12.4. The van der Waals surface area contributed by atoms with Gasteiger partial charge < -0.3 is 5.32 Å². The maximum absolute atomic E-state index is 12.4. The molecule has 0 unspecified atom stereocenters. The minimum Gasteiger partial charge on any atom is -0.354 e. The van der Waals surface area contributed by atoms with Gasteiger partial charge in [-0.3, -0.25) is 4.79 Å². The number of sulfone groups is 2. The van der Waals surface area contributed by atoms with Crippen LogP contribution < -0.4 is 5.32 Å². The number of carbonyl (C=O) groups is 1. The van der Waals surface area contributed by atoms with Crippen LogP contribution in [0.25, 0.3) is 0 Å². The molecule has 6 nitrogen and oxygen atoms in total. The van der Waals surface area contributed by atoms with Gasteiger partial charge in [0, 0.05) is 11.0 Å². The van der Waals surface area contributed by atoms with Crippen molar-refractivity contribution in [3.63, 3.8) is 0 Å². The van der Waals surface area contributed by atoms with Gasteiger partial charge in [0.2, 0.25) is 5.91 Å². The predicted molar refractivity (Wildman–Crippen MR) is 102 cm³/mol. The summed E-state index contributed by atoms with van der Waals surface area (Å²) in [7, 11) is -7.40. The fourth-order valence-corrected chi connectivity index (χ4v) is 4.90. The van der Waals surface area contributed by atoms with E-state index in [0.717, 1.165) is 4.47 Å². The van der Waals surface area contributed by atoms with E-state index >= 15 is 0 Å². The number of benzene rings is 2. The molecule has 1 N–H and O–H groups in total. The molecule has 140 valence electrons. The molecular weight excluding hydrogens is 442 g/mol. The van der Waals surface area contributed by atoms with Crippen molar-refractivity contribution < 1.29 is 21.6 Å². The normalized spacial score (nSPS) is 13.2. The lowest BCUT2D eigenvalue weighted by Gasteiger charge is -2.13. The summed E-state index contributed by atoms with van der Waals surface area (Å²) in [4.78, 5) is 12.3. The Morgan fingerprint density at radius 1 is 0.962 bits per heavy atom. The SMILES string of the molecule is C[C@H](C(=O)NCCS(=O)(=O)c1ccc(Br)cc1)S(=O)(=O)c1ccccc1. The number of hydrogen-bond acceptors (Lipinski definition) is 5. The zero-order chi connectivity index (χ0) is 19.4. The van der Waals surface area contributed by atoms with E-state index in [1.807, 2.05) is 0 Å². The van der Waals surface area contributed by atoms with Crippen LogP contribution in [0.15, 0.2) is 68.9 Å². The molecule has 0 radical (unpaired) electrons. The Morgan fingerprint density at radius 2 is 1.54 bits per heavy atom. The average Bonchev–Trinajstić information content (AvgIpc) is 2.62. The van der Waals surface area contributed by atoms with Gasteiger partial charge in [0.05, 0.1) is 15.5 Å². The molecule has 1 atom stereocenters. The summed E-state index contributed by atoms with van der Waals surface area (Å²) in [6, 6.07) is 13.8. The molecule has 26 heavy (non-hydrogen) atoms. The third-order valence-electron chi connectivity index (χ3n) is 3.75. The summed E-state index contributed by atoms with van der Waals surface area (Å²) in [5.41, 5.74) is 0. The third-order valence-corrected chi connectivity index (χ3v) is 8.08. The number of hydrogen-bond donors (Lipinski definition) is 1. The highest BCUT2D eigenvalue weighted by Gasteiger charge is 2.29. The molecule has 0 aliphatic rings. The van der Waals surface area contributed by atoms with Crippen LogP contribution in [0.4, 0.5) is 0 Å². The van der Waals surface area contributed by atoms with Crippen molar-refractivity contribution in [3.05, 3.63) is 59.1 Å². The number of nitrogens with one attached hydrogen (secondary N) is 1. The van der Waals surface area contributed by atoms with E-state index in [0.29, 0.717) is 0 Å². The molecule has 0 saturated carbocycles. The second kappa shape index (κ2) is 8.32. The topological polar surface area (TPSA) is 97.4 Å². The molecule has 1 amide bonds. The zero-order valence-electron chi connectivity index (χ0n) is 13.9. The minimum atomic E-state index is -3.83. The van der Waals surface area contributed by atoms with Crippen LogP contribution in [0.2, 0.25) is 0 Å². The molecular formula is C17H18BrNO5S2. The van der Waals surface area contributed by atoms with Crippen molar-refractivity contribution in [1.29, 1.82) is 0 Å². The highest BCUT2D eigenvalue weighted by atomic mass is 79.9. The molecule has 0 aliphatic heterocycles. The standard InChI is InChI=1S/C17H18BrNO5S2/c1-13(26(23,24)16-5-3-2-4-6-16)17(20)19-11-12-25(21,22)15-9-7-14(18)8-10-15/h2-10,13H,11-12H2,1H3,(H,19,20)/t13-/m1/s1. The van der Waals surface area contributed by atoms with E-state index in [4.69, 9.17) is 0 Å². The molecule has 2 aromatic rings. The Bertz CT molecular complexity index is 972. The van der Waals surface area contributed by atoms with Gasteiger partial charge in [0.1, 0.15) is 5.25 Å². The summed E-state index contributed by atoms with van der Waals surface area (Å²) < 4.78 is 50.0. The van der Waals surface area contributed by atoms with Gasteiger partial charge in [0.25, 0.3) is 0 Å². The summed E-state index contributed by atoms with van der Waals surface area (Å²) in [6.45, 7) is 1.10. The fourth-order valence-electron chi connectivity index (χ4n) is 2.17. The second-order valence-corrected chi connectivity index (χ2v) is 10.9. The lowest BCUT2D eigenvalue weighted by atomic mass is 10.4. The first kappa shape index (κ1) is 20.6. The van der Waals surface area contributed by atoms with E-state index in [9.17, 15) is 21.6 Å². The summed E-state index contributed by atoms with van der Waals surface area (Å²) in [6.07, 6.45) is 0. The fraction of sp³-hybridized carbons (Fsp3) is 0.235. The highest BCUT2D eigenvalue weighted by Crippen LogP contribution is 2.17. The Kier molecular flexibility index (Phi) is 6.59. The van der Waals surface area contributed by atoms with Crippen molar-refractivity contribution in [2.75, 3.05) is 12.3 Å². The lowest BCUT2D eigenvalue weighted by molar-refractivity contribution is -0.120. The molecule has 0 saturated heterocycles. The van der Waals surface area contributed by atoms with E-state index < -0.39 is 30.8 Å². The Balaban J connectivity index is 1.99. The van der Waals surface area contributed by atoms with Crippen molar-refractivity contribution in [2.24, 2.45) is 0 Å². The van der Waals surface area contributed by atoms with E-state index in [1.54, 1.807) is 30.3 Å². The molecule has 0 spiro atoms. The number of carbonyl (C=O) groups excluding carboxylic acids is 1. The van der Waals surface area contributed by atoms with E-state index in [2.05, 4.69) is 21.2 Å². The first-order valence-electron chi connectivity index (χ1n) is 7.69. The summed E-state index contributed by atoms with van der Waals surface area (Å²) in [5, 5.41) is 1.07. The Labute approximate surface area is 161 Å². The van der Waals surface area contributed by atoms with Gasteiger partial charge in [-0.25, -0.2) is 16.8 Å². The Morgan fingerprint density at radius 3 is 2.12 bits per heavy atom. The van der Waals surface area contributed by atoms with Crippen LogP contribution in [0.5, 0.6) is 0 Å². The zero-order valence-corrected chi connectivity index (χ0v) is 17.1. The number of amides is 1. The first-order valence-corrected chi connectivity index (χ1v) is 11.7. The molecule has 0 heterocycles. The monoisotopic (exact) mass is 459 g/mol. The largest absolute Gasteiger partial charge is 0.354 e. The van der Waals surface area contributed by atoms with Gasteiger partial charge in [-0.05, 0) is 43.3 Å². The molecule has 2 aromatic carbocycles. The van der Waals surface area contributed by atoms with E-state index in [1.165, 1.54) is 31.2 Å². The van der Waals surface area contributed by atoms with Gasteiger partial charge in [-0.1, -0.05) is 34.1 Å². The van der Waals surface area contributed by atoms with Gasteiger partial charge in [-0.2, -0.15) is 0 Å². The number of halogens is 1. The van der Waals surface area contributed by atoms with Crippen LogP contribution in [0.1, 0.15) is 6.92 Å². The molecule has 0 aromatic heterocycles. The third kappa shape index (κ3) is 4.93. The van der Waals surface area contributed by atoms with Crippen LogP contribution in [0.3, 0.4) is 0 Å². The van der Waals surface area contributed by atoms with Crippen molar-refractivity contribution in [3.8, 4) is 0 Å². The lowest BCUT2D eigenvalue weighted by Crippen LogP contribution is -2.39. The maximum Gasteiger partial charge on any atom is 0.238 e. The summed E-state index contributed by atoms with van der Waals surface area (Å²) in [5.74, 6) is -1.06. The van der Waals surface area contributed by atoms with Crippen LogP contribution in [-0.4, -0.2) is 40.3 Å². The van der Waals surface area contributed by atoms with Crippen molar-refractivity contribution >= 4 is 41.5 Å². The second-order valence-electron chi connectivity index (χ2n) is 5.56. The minimum absolute atomic E-state index is 0.0464. The van der Waals surface area contributed by atoms with Crippen molar-refractivity contribution in [2.45, 2.75) is 22.0 Å². The summed E-state index contributed by atoms with van der Waals surface area (Å²) >= 11 is 3.23. The molecule has 9 heteroatoms. The van der Waals surface area contributed by atoms with Crippen LogP contribution in [-0.2, 0) is 24.5 Å². The number of rotatable bonds is 7. The average molecular weight is 460 g/mol. The van der Waals surface area contributed by atoms with Gasteiger partial charge in [-0.15, -0.1) is 0 Å². The smallest absolute Gasteiger partial charge is 0.238 e. The predicted octanol–water partition coefficient (Wildman–Crippen LogP) is 2.20. The molecule has 0 aliphatic carbocycles. The van der Waals surface area contributed by atoms with Gasteiger partial charge in [0.15, 0.2) is 19.7 Å². The Hall–Kier alpha value is -1.71. The van der Waals surface area contributed by atoms with Crippen LogP contribution in [0, 0.1) is 0 Å². The van der Waals surface area contributed by atoms with E-state index in [-0.39, 0.29) is 22.1 Å². The highest BCUT2D eigenvalue weighted by molar-refractivity contribution is 9.10. The van der Waals surface area contributed by atoms with Gasteiger partial charge >= 0.3 is 0 Å². The van der Waals surface area contributed by atoms with Crippen LogP contribution >= 0.6 is 15.9 Å². The first-order chi connectivity index (χ1) is 12.1.